The van der Waals surface area contributed by atoms with Crippen LogP contribution in [0.5, 0.6) is 0 Å². The maximum Gasteiger partial charge on any atom is 0.326 e. The smallest absolute Gasteiger partial charge is 0.319 e. The van der Waals surface area contributed by atoms with Gasteiger partial charge in [0.1, 0.15) is 5.54 Å². The lowest BCUT2D eigenvalue weighted by atomic mass is 9.76. The summed E-state index contributed by atoms with van der Waals surface area (Å²) < 4.78 is 27.9. The summed E-state index contributed by atoms with van der Waals surface area (Å²) in [7, 11) is -3.60. The van der Waals surface area contributed by atoms with Gasteiger partial charge in [-0.15, -0.1) is 0 Å². The zero-order valence-electron chi connectivity index (χ0n) is 19.6. The number of fused-ring (bicyclic) bond motifs is 2. The third kappa shape index (κ3) is 3.72. The number of carbonyl (C=O) groups is 2. The third-order valence-corrected chi connectivity index (χ3v) is 9.33. The first-order valence-corrected chi connectivity index (χ1v) is 13.2. The number of piperazine rings is 1. The Balaban J connectivity index is 1.28. The molecule has 2 saturated heterocycles. The second-order valence-corrected chi connectivity index (χ2v) is 11.4. The molecule has 1 aliphatic carbocycles. The Bertz CT molecular complexity index is 1250. The molecule has 3 aliphatic rings. The Morgan fingerprint density at radius 3 is 2.50 bits per heavy atom. The summed E-state index contributed by atoms with van der Waals surface area (Å²) in [5.41, 5.74) is 2.64. The minimum atomic E-state index is -3.60. The molecule has 8 nitrogen and oxygen atoms in total. The fourth-order valence-electron chi connectivity index (χ4n) is 5.38. The van der Waals surface area contributed by atoms with Crippen LogP contribution in [0.25, 0.3) is 0 Å². The van der Waals surface area contributed by atoms with Crippen molar-refractivity contribution in [2.24, 2.45) is 0 Å². The lowest BCUT2D eigenvalue weighted by Gasteiger charge is -2.36. The van der Waals surface area contributed by atoms with Gasteiger partial charge >= 0.3 is 6.03 Å². The number of nitrogens with one attached hydrogen (secondary N) is 1. The average molecular weight is 483 g/mol. The summed E-state index contributed by atoms with van der Waals surface area (Å²) in [5, 5.41) is 2.99. The highest BCUT2D eigenvalue weighted by Crippen LogP contribution is 2.40. The number of imide groups is 1. The van der Waals surface area contributed by atoms with Gasteiger partial charge in [0.05, 0.1) is 11.6 Å². The molecule has 5 rings (SSSR count). The zero-order chi connectivity index (χ0) is 24.1. The molecule has 0 aromatic heterocycles. The van der Waals surface area contributed by atoms with Gasteiger partial charge in [0.25, 0.3) is 5.91 Å². The van der Waals surface area contributed by atoms with Crippen LogP contribution < -0.4 is 5.32 Å². The van der Waals surface area contributed by atoms with E-state index in [0.717, 1.165) is 35.1 Å². The highest BCUT2D eigenvalue weighted by atomic mass is 32.2. The van der Waals surface area contributed by atoms with E-state index in [0.29, 0.717) is 37.5 Å². The van der Waals surface area contributed by atoms with E-state index in [-0.39, 0.29) is 18.6 Å². The Labute approximate surface area is 200 Å². The van der Waals surface area contributed by atoms with Crippen molar-refractivity contribution in [1.29, 1.82) is 0 Å². The standard InChI is InChI=1S/C25H30N4O4S/c1-18-9-10-19(2)22(16-18)34(32,33)28-14-12-27(13-15-28)17-29-23(30)25(26-24(29)31)11-5-7-20-6-3-4-8-21(20)25/h3-4,6,8-10,16H,5,7,11-15,17H2,1-2H3,(H,26,31)/t25-/m0/s1. The van der Waals surface area contributed by atoms with Gasteiger partial charge in [0.2, 0.25) is 10.0 Å². The molecule has 34 heavy (non-hydrogen) atoms. The number of hydrogen-bond acceptors (Lipinski definition) is 5. The number of rotatable bonds is 4. The van der Waals surface area contributed by atoms with Crippen molar-refractivity contribution in [3.63, 3.8) is 0 Å². The van der Waals surface area contributed by atoms with E-state index < -0.39 is 15.6 Å². The van der Waals surface area contributed by atoms with Gasteiger partial charge in [0.15, 0.2) is 0 Å². The molecule has 1 atom stereocenters. The second-order valence-electron chi connectivity index (χ2n) is 9.51. The van der Waals surface area contributed by atoms with E-state index in [1.807, 2.05) is 48.2 Å². The highest BCUT2D eigenvalue weighted by molar-refractivity contribution is 7.89. The van der Waals surface area contributed by atoms with Crippen LogP contribution in [-0.2, 0) is 26.8 Å². The normalized spacial score (nSPS) is 23.9. The maximum absolute atomic E-state index is 13.5. The SMILES string of the molecule is Cc1ccc(C)c(S(=O)(=O)N2CCN(CN3C(=O)N[C@]4(CCCc5ccccc54)C3=O)CC2)c1. The van der Waals surface area contributed by atoms with Crippen molar-refractivity contribution in [2.45, 2.75) is 43.5 Å². The van der Waals surface area contributed by atoms with Crippen LogP contribution >= 0.6 is 0 Å². The lowest BCUT2D eigenvalue weighted by Crippen LogP contribution is -2.53. The molecule has 1 spiro atoms. The fourth-order valence-corrected chi connectivity index (χ4v) is 7.11. The Morgan fingerprint density at radius 1 is 1.00 bits per heavy atom. The first-order chi connectivity index (χ1) is 16.2. The van der Waals surface area contributed by atoms with Gasteiger partial charge in [0, 0.05) is 26.2 Å². The lowest BCUT2D eigenvalue weighted by molar-refractivity contribution is -0.133. The summed E-state index contributed by atoms with van der Waals surface area (Å²) in [4.78, 5) is 30.0. The average Bonchev–Trinajstić information content (AvgIpc) is 3.06. The molecule has 0 saturated carbocycles. The summed E-state index contributed by atoms with van der Waals surface area (Å²) in [5.74, 6) is -0.213. The van der Waals surface area contributed by atoms with E-state index in [1.165, 1.54) is 9.21 Å². The van der Waals surface area contributed by atoms with Gasteiger partial charge < -0.3 is 5.32 Å². The minimum Gasteiger partial charge on any atom is -0.319 e. The molecule has 3 amide bonds. The number of carbonyl (C=O) groups excluding carboxylic acids is 2. The van der Waals surface area contributed by atoms with E-state index in [9.17, 15) is 18.0 Å². The molecule has 2 aromatic rings. The van der Waals surface area contributed by atoms with Crippen LogP contribution in [0.1, 0.15) is 35.1 Å². The molecule has 9 heteroatoms. The fraction of sp³-hybridized carbons (Fsp3) is 0.440. The molecule has 2 fully saturated rings. The van der Waals surface area contributed by atoms with E-state index in [1.54, 1.807) is 13.0 Å². The molecule has 0 bridgehead atoms. The van der Waals surface area contributed by atoms with Crippen molar-refractivity contribution in [3.05, 3.63) is 64.7 Å². The first kappa shape index (κ1) is 23.0. The summed E-state index contributed by atoms with van der Waals surface area (Å²) >= 11 is 0. The minimum absolute atomic E-state index is 0.159. The largest absolute Gasteiger partial charge is 0.326 e. The summed E-state index contributed by atoms with van der Waals surface area (Å²) in [6.07, 6.45) is 2.33. The van der Waals surface area contributed by atoms with Crippen molar-refractivity contribution in [2.75, 3.05) is 32.8 Å². The molecule has 2 aliphatic heterocycles. The number of nitrogens with zero attached hydrogens (tertiary/aromatic N) is 3. The number of aryl methyl sites for hydroxylation is 3. The van der Waals surface area contributed by atoms with Crippen LogP contribution in [0.2, 0.25) is 0 Å². The van der Waals surface area contributed by atoms with Crippen LogP contribution in [0.15, 0.2) is 47.4 Å². The predicted octanol–water partition coefficient (Wildman–Crippen LogP) is 2.35. The molecule has 0 radical (unpaired) electrons. The molecule has 2 heterocycles. The van der Waals surface area contributed by atoms with E-state index in [2.05, 4.69) is 5.32 Å². The van der Waals surface area contributed by atoms with Crippen LogP contribution in [0.4, 0.5) is 4.79 Å². The number of benzene rings is 2. The Kier molecular flexibility index (Phi) is 5.74. The molecular weight excluding hydrogens is 452 g/mol. The van der Waals surface area contributed by atoms with E-state index in [4.69, 9.17) is 0 Å². The third-order valence-electron chi connectivity index (χ3n) is 7.28. The molecule has 2 aromatic carbocycles. The van der Waals surface area contributed by atoms with Crippen LogP contribution in [0, 0.1) is 13.8 Å². The van der Waals surface area contributed by atoms with Crippen molar-refractivity contribution < 1.29 is 18.0 Å². The Morgan fingerprint density at radius 2 is 1.74 bits per heavy atom. The summed E-state index contributed by atoms with van der Waals surface area (Å²) in [6, 6.07) is 12.9. The summed E-state index contributed by atoms with van der Waals surface area (Å²) in [6.45, 7) is 5.37. The first-order valence-electron chi connectivity index (χ1n) is 11.7. The second kappa shape index (κ2) is 8.48. The van der Waals surface area contributed by atoms with Gasteiger partial charge in [-0.2, -0.15) is 4.31 Å². The highest BCUT2D eigenvalue weighted by Gasteiger charge is 2.54. The van der Waals surface area contributed by atoms with Gasteiger partial charge in [-0.05, 0) is 61.4 Å². The Hall–Kier alpha value is -2.75. The van der Waals surface area contributed by atoms with Gasteiger partial charge in [-0.3, -0.25) is 9.69 Å². The number of amides is 3. The van der Waals surface area contributed by atoms with E-state index >= 15 is 0 Å². The number of urea groups is 1. The zero-order valence-corrected chi connectivity index (χ0v) is 20.4. The molecule has 0 unspecified atom stereocenters. The molecule has 180 valence electrons. The maximum atomic E-state index is 13.5. The van der Waals surface area contributed by atoms with Gasteiger partial charge in [-0.25, -0.2) is 18.1 Å². The monoisotopic (exact) mass is 482 g/mol. The van der Waals surface area contributed by atoms with Crippen molar-refractivity contribution in [3.8, 4) is 0 Å². The van der Waals surface area contributed by atoms with Gasteiger partial charge in [-0.1, -0.05) is 36.4 Å². The topological polar surface area (TPSA) is 90.0 Å². The van der Waals surface area contributed by atoms with Crippen LogP contribution in [0.3, 0.4) is 0 Å². The molecular formula is C25H30N4O4S. The van der Waals surface area contributed by atoms with Crippen LogP contribution in [-0.4, -0.2) is 67.3 Å². The predicted molar refractivity (Wildman–Crippen MR) is 128 cm³/mol. The van der Waals surface area contributed by atoms with Crippen molar-refractivity contribution in [1.82, 2.24) is 19.4 Å². The quantitative estimate of drug-likeness (QED) is 0.676. The molecule has 1 N–H and O–H groups in total. The van der Waals surface area contributed by atoms with Crippen molar-refractivity contribution >= 4 is 22.0 Å². The number of hydrogen-bond donors (Lipinski definition) is 1. The number of sulfonamides is 1.